The first kappa shape index (κ1) is 12.2. The van der Waals surface area contributed by atoms with Crippen LogP contribution in [0.25, 0.3) is 10.9 Å². The lowest BCUT2D eigenvalue weighted by Gasteiger charge is -2.03. The fourth-order valence-electron chi connectivity index (χ4n) is 1.93. The smallest absolute Gasteiger partial charge is 0.216 e. The predicted octanol–water partition coefficient (Wildman–Crippen LogP) is 2.26. The van der Waals surface area contributed by atoms with Crippen molar-refractivity contribution in [1.82, 2.24) is 15.0 Å². The van der Waals surface area contributed by atoms with Crippen molar-refractivity contribution in [2.75, 3.05) is 7.11 Å². The summed E-state index contributed by atoms with van der Waals surface area (Å²) in [6.45, 7) is 0. The summed E-state index contributed by atoms with van der Waals surface area (Å²) in [5.41, 5.74) is 1.61. The van der Waals surface area contributed by atoms with Gasteiger partial charge in [-0.1, -0.05) is 18.2 Å². The van der Waals surface area contributed by atoms with Crippen molar-refractivity contribution in [1.29, 1.82) is 0 Å². The molecule has 20 heavy (non-hydrogen) atoms. The second-order valence-electron chi connectivity index (χ2n) is 4.19. The van der Waals surface area contributed by atoms with Gasteiger partial charge in [0.1, 0.15) is 12.0 Å². The Labute approximate surface area is 115 Å². The summed E-state index contributed by atoms with van der Waals surface area (Å²) < 4.78 is 5.00. The zero-order valence-electron chi connectivity index (χ0n) is 10.8. The molecule has 0 aliphatic rings. The van der Waals surface area contributed by atoms with E-state index in [0.29, 0.717) is 17.1 Å². The van der Waals surface area contributed by atoms with Crippen molar-refractivity contribution in [3.8, 4) is 5.88 Å². The van der Waals surface area contributed by atoms with Gasteiger partial charge >= 0.3 is 0 Å². The van der Waals surface area contributed by atoms with E-state index in [-0.39, 0.29) is 5.78 Å². The summed E-state index contributed by atoms with van der Waals surface area (Å²) >= 11 is 0. The summed E-state index contributed by atoms with van der Waals surface area (Å²) in [5.74, 6) is 0.181. The average Bonchev–Trinajstić information content (AvgIpc) is 2.53. The summed E-state index contributed by atoms with van der Waals surface area (Å²) in [6.07, 6.45) is 3.01. The van der Waals surface area contributed by atoms with Crippen LogP contribution >= 0.6 is 0 Å². The fourth-order valence-corrected chi connectivity index (χ4v) is 1.93. The van der Waals surface area contributed by atoms with Crippen LogP contribution in [0.15, 0.2) is 48.9 Å². The molecule has 0 saturated heterocycles. The third-order valence-corrected chi connectivity index (χ3v) is 2.95. The fraction of sp³-hybridized carbons (Fsp3) is 0.0667. The number of ether oxygens (including phenoxy) is 1. The molecule has 5 nitrogen and oxygen atoms in total. The highest BCUT2D eigenvalue weighted by Crippen LogP contribution is 2.16. The number of nitrogens with zero attached hydrogens (tertiary/aromatic N) is 3. The van der Waals surface area contributed by atoms with Crippen LogP contribution in [0.5, 0.6) is 5.88 Å². The van der Waals surface area contributed by atoms with Gasteiger partial charge in [-0.25, -0.2) is 9.97 Å². The molecule has 0 spiro atoms. The number of hydrogen-bond acceptors (Lipinski definition) is 5. The van der Waals surface area contributed by atoms with E-state index in [2.05, 4.69) is 15.0 Å². The van der Waals surface area contributed by atoms with E-state index < -0.39 is 0 Å². The number of methoxy groups -OCH3 is 1. The van der Waals surface area contributed by atoms with Gasteiger partial charge < -0.3 is 4.74 Å². The highest BCUT2D eigenvalue weighted by Gasteiger charge is 2.12. The molecule has 0 unspecified atom stereocenters. The maximum Gasteiger partial charge on any atom is 0.216 e. The van der Waals surface area contributed by atoms with Gasteiger partial charge in [-0.05, 0) is 12.1 Å². The molecule has 0 saturated carbocycles. The third-order valence-electron chi connectivity index (χ3n) is 2.95. The number of benzene rings is 1. The summed E-state index contributed by atoms with van der Waals surface area (Å²) in [4.78, 5) is 24.5. The number of rotatable bonds is 3. The Kier molecular flexibility index (Phi) is 3.09. The number of carbonyl (C=O) groups is 1. The second-order valence-corrected chi connectivity index (χ2v) is 4.19. The zero-order valence-corrected chi connectivity index (χ0v) is 10.8. The maximum absolute atomic E-state index is 12.4. The molecule has 1 aromatic carbocycles. The van der Waals surface area contributed by atoms with Gasteiger partial charge in [-0.15, -0.1) is 0 Å². The molecule has 0 N–H and O–H groups in total. The second kappa shape index (κ2) is 5.05. The SMILES string of the molecule is COc1cc(C(=O)c2ccc3cccnc3c2)ncn1. The van der Waals surface area contributed by atoms with Crippen LogP contribution in [0.3, 0.4) is 0 Å². The van der Waals surface area contributed by atoms with Gasteiger partial charge in [0.25, 0.3) is 0 Å². The molecule has 3 rings (SSSR count). The lowest BCUT2D eigenvalue weighted by Crippen LogP contribution is -2.05. The molecule has 5 heteroatoms. The number of pyridine rings is 1. The number of ketones is 1. The first-order valence-electron chi connectivity index (χ1n) is 6.03. The predicted molar refractivity (Wildman–Crippen MR) is 73.8 cm³/mol. The van der Waals surface area contributed by atoms with Crippen LogP contribution < -0.4 is 4.74 Å². The van der Waals surface area contributed by atoms with Crippen LogP contribution in [0.1, 0.15) is 16.1 Å². The van der Waals surface area contributed by atoms with Crippen molar-refractivity contribution in [3.63, 3.8) is 0 Å². The van der Waals surface area contributed by atoms with Crippen LogP contribution in [0.2, 0.25) is 0 Å². The van der Waals surface area contributed by atoms with E-state index >= 15 is 0 Å². The maximum atomic E-state index is 12.4. The minimum Gasteiger partial charge on any atom is -0.481 e. The van der Waals surface area contributed by atoms with Crippen LogP contribution in [-0.2, 0) is 0 Å². The topological polar surface area (TPSA) is 65.0 Å². The Morgan fingerprint density at radius 2 is 2.00 bits per heavy atom. The summed E-state index contributed by atoms with van der Waals surface area (Å²) in [5, 5.41) is 0.990. The highest BCUT2D eigenvalue weighted by molar-refractivity contribution is 6.09. The quantitative estimate of drug-likeness (QED) is 0.680. The Morgan fingerprint density at radius 1 is 1.10 bits per heavy atom. The molecule has 0 aliphatic heterocycles. The molecular formula is C15H11N3O2. The van der Waals surface area contributed by atoms with Gasteiger partial charge in [0.2, 0.25) is 11.7 Å². The van der Waals surface area contributed by atoms with E-state index in [1.807, 2.05) is 18.2 Å². The van der Waals surface area contributed by atoms with Crippen LogP contribution in [-0.4, -0.2) is 27.8 Å². The van der Waals surface area contributed by atoms with E-state index in [1.165, 1.54) is 19.5 Å². The van der Waals surface area contributed by atoms with E-state index in [1.54, 1.807) is 18.3 Å². The lowest BCUT2D eigenvalue weighted by molar-refractivity contribution is 0.103. The molecule has 0 radical (unpaired) electrons. The zero-order chi connectivity index (χ0) is 13.9. The Bertz CT molecular complexity index is 787. The minimum absolute atomic E-state index is 0.182. The highest BCUT2D eigenvalue weighted by atomic mass is 16.5. The molecule has 0 fully saturated rings. The van der Waals surface area contributed by atoms with Crippen LogP contribution in [0, 0.1) is 0 Å². The van der Waals surface area contributed by atoms with Crippen molar-refractivity contribution in [2.24, 2.45) is 0 Å². The van der Waals surface area contributed by atoms with E-state index in [4.69, 9.17) is 4.74 Å². The molecule has 3 aromatic rings. The first-order valence-corrected chi connectivity index (χ1v) is 6.03. The number of carbonyl (C=O) groups excluding carboxylic acids is 1. The third kappa shape index (κ3) is 2.21. The van der Waals surface area contributed by atoms with Crippen molar-refractivity contribution >= 4 is 16.7 Å². The van der Waals surface area contributed by atoms with Crippen molar-refractivity contribution < 1.29 is 9.53 Å². The molecular weight excluding hydrogens is 254 g/mol. The Morgan fingerprint density at radius 3 is 2.85 bits per heavy atom. The van der Waals surface area contributed by atoms with Crippen molar-refractivity contribution in [3.05, 3.63) is 60.2 Å². The number of fused-ring (bicyclic) bond motifs is 1. The Balaban J connectivity index is 2.03. The van der Waals surface area contributed by atoms with Gasteiger partial charge in [-0.2, -0.15) is 0 Å². The summed E-state index contributed by atoms with van der Waals surface area (Å²) in [6, 6.07) is 10.7. The standard InChI is InChI=1S/C15H11N3O2/c1-20-14-8-13(17-9-18-14)15(19)11-5-4-10-3-2-6-16-12(10)7-11/h2-9H,1H3. The van der Waals surface area contributed by atoms with Gasteiger partial charge in [0.15, 0.2) is 0 Å². The summed E-state index contributed by atoms with van der Waals surface area (Å²) in [7, 11) is 1.50. The average molecular weight is 265 g/mol. The minimum atomic E-state index is -0.182. The molecule has 2 heterocycles. The van der Waals surface area contributed by atoms with Gasteiger partial charge in [0, 0.05) is 23.2 Å². The van der Waals surface area contributed by atoms with E-state index in [9.17, 15) is 4.79 Å². The molecule has 98 valence electrons. The molecule has 0 bridgehead atoms. The van der Waals surface area contributed by atoms with Gasteiger partial charge in [-0.3, -0.25) is 9.78 Å². The normalized spacial score (nSPS) is 10.4. The number of hydrogen-bond donors (Lipinski definition) is 0. The molecule has 0 aliphatic carbocycles. The van der Waals surface area contributed by atoms with Gasteiger partial charge in [0.05, 0.1) is 12.6 Å². The largest absolute Gasteiger partial charge is 0.481 e. The monoisotopic (exact) mass is 265 g/mol. The molecule has 0 atom stereocenters. The lowest BCUT2D eigenvalue weighted by atomic mass is 10.1. The van der Waals surface area contributed by atoms with E-state index in [0.717, 1.165) is 10.9 Å². The molecule has 0 amide bonds. The Hall–Kier alpha value is -2.82. The van der Waals surface area contributed by atoms with Crippen molar-refractivity contribution in [2.45, 2.75) is 0 Å². The number of aromatic nitrogens is 3. The first-order chi connectivity index (χ1) is 9.78. The molecule has 2 aromatic heterocycles. The van der Waals surface area contributed by atoms with Crippen LogP contribution in [0.4, 0.5) is 0 Å².